The molecule has 1 aromatic rings. The third-order valence-electron chi connectivity index (χ3n) is 7.74. The van der Waals surface area contributed by atoms with Gasteiger partial charge in [0, 0.05) is 12.8 Å². The first kappa shape index (κ1) is 57.8. The van der Waals surface area contributed by atoms with Gasteiger partial charge in [0.05, 0.1) is 218 Å². The minimum Gasteiger partial charge on any atom is -0.378 e. The topological polar surface area (TPSA) is 174 Å². The highest BCUT2D eigenvalue weighted by Crippen LogP contribution is 2.41. The van der Waals surface area contributed by atoms with E-state index in [1.807, 2.05) is 37.3 Å². The zero-order chi connectivity index (χ0) is 43.7. The fourth-order valence-corrected chi connectivity index (χ4v) is 5.77. The van der Waals surface area contributed by atoms with E-state index < -0.39 is 7.37 Å². The molecule has 18 nitrogen and oxygen atoms in total. The van der Waals surface area contributed by atoms with Gasteiger partial charge >= 0.3 is 0 Å². The molecule has 0 spiro atoms. The largest absolute Gasteiger partial charge is 0.378 e. The molecule has 0 aliphatic heterocycles. The summed E-state index contributed by atoms with van der Waals surface area (Å²) in [5.41, 5.74) is 1.15. The van der Waals surface area contributed by atoms with Gasteiger partial charge in [-0.15, -0.1) is 0 Å². The Kier molecular flexibility index (Phi) is 45.7. The summed E-state index contributed by atoms with van der Waals surface area (Å²) in [5, 5.41) is 0. The van der Waals surface area contributed by atoms with Gasteiger partial charge in [0.1, 0.15) is 0 Å². The van der Waals surface area contributed by atoms with Crippen LogP contribution >= 0.6 is 7.37 Å². The third kappa shape index (κ3) is 46.6. The second kappa shape index (κ2) is 48.2. The first-order valence-electron chi connectivity index (χ1n) is 21.6. The van der Waals surface area contributed by atoms with Crippen LogP contribution in [0.4, 0.5) is 0 Å². The van der Waals surface area contributed by atoms with E-state index in [0.717, 1.165) is 5.56 Å². The van der Waals surface area contributed by atoms with Gasteiger partial charge in [0.15, 0.2) is 0 Å². The standard InChI is InChI=1S/C42H79O18P/c1-3-60-61(2,43)40-39-58-36-35-56-32-31-54-28-27-52-24-23-50-20-19-48-16-15-46-12-11-44-9-10-45-13-14-47-17-18-49-21-22-51-25-26-53-29-30-55-33-34-57-37-38-59-41-42-7-5-4-6-8-42/h4-8H,3,9-41H2,1-2H3. The summed E-state index contributed by atoms with van der Waals surface area (Å²) in [6, 6.07) is 10.1. The predicted octanol–water partition coefficient (Wildman–Crippen LogP) is 3.40. The van der Waals surface area contributed by atoms with Crippen LogP contribution in [0.2, 0.25) is 0 Å². The molecule has 0 saturated carbocycles. The number of ether oxygens (including phenoxy) is 16. The van der Waals surface area contributed by atoms with E-state index in [9.17, 15) is 4.57 Å². The fraction of sp³-hybridized carbons (Fsp3) is 0.857. The summed E-state index contributed by atoms with van der Waals surface area (Å²) in [5.74, 6) is 0. The van der Waals surface area contributed by atoms with E-state index in [4.69, 9.17) is 80.3 Å². The lowest BCUT2D eigenvalue weighted by molar-refractivity contribution is -0.0304. The summed E-state index contributed by atoms with van der Waals surface area (Å²) in [6.07, 6.45) is 0.412. The maximum atomic E-state index is 11.9. The lowest BCUT2D eigenvalue weighted by Gasteiger charge is -2.12. The number of hydrogen-bond acceptors (Lipinski definition) is 18. The Balaban J connectivity index is 1.61. The van der Waals surface area contributed by atoms with E-state index in [-0.39, 0.29) is 0 Å². The maximum absolute atomic E-state index is 11.9. The molecule has 61 heavy (non-hydrogen) atoms. The average molecular weight is 903 g/mol. The smallest absolute Gasteiger partial charge is 0.202 e. The summed E-state index contributed by atoms with van der Waals surface area (Å²) in [6.45, 7) is 19.8. The lowest BCUT2D eigenvalue weighted by Crippen LogP contribution is -2.16. The van der Waals surface area contributed by atoms with Gasteiger partial charge in [-0.3, -0.25) is 4.57 Å². The molecule has 0 heterocycles. The van der Waals surface area contributed by atoms with Crippen LogP contribution in [0.5, 0.6) is 0 Å². The van der Waals surface area contributed by atoms with Crippen molar-refractivity contribution in [3.05, 3.63) is 35.9 Å². The highest BCUT2D eigenvalue weighted by molar-refractivity contribution is 7.58. The monoisotopic (exact) mass is 903 g/mol. The maximum Gasteiger partial charge on any atom is 0.202 e. The molecule has 0 amide bonds. The van der Waals surface area contributed by atoms with Crippen molar-refractivity contribution in [1.29, 1.82) is 0 Å². The molecule has 0 aromatic heterocycles. The SMILES string of the molecule is CCOP(C)(=O)CCOCCOCCOCCOCCOCCOCCOCCOCCOCCOCCOCCOCCOCCOCCOCCOCc1ccccc1. The first-order valence-corrected chi connectivity index (χ1v) is 23.9. The predicted molar refractivity (Wildman–Crippen MR) is 228 cm³/mol. The number of rotatable bonds is 52. The zero-order valence-corrected chi connectivity index (χ0v) is 38.1. The number of benzene rings is 1. The third-order valence-corrected chi connectivity index (χ3v) is 9.53. The molecule has 0 N–H and O–H groups in total. The molecule has 0 bridgehead atoms. The first-order chi connectivity index (χ1) is 30.1. The lowest BCUT2D eigenvalue weighted by atomic mass is 10.2. The van der Waals surface area contributed by atoms with Gasteiger partial charge in [-0.1, -0.05) is 30.3 Å². The Labute approximate surface area is 365 Å². The summed E-state index contributed by atoms with van der Waals surface area (Å²) in [4.78, 5) is 0. The van der Waals surface area contributed by atoms with Crippen molar-refractivity contribution in [3.63, 3.8) is 0 Å². The van der Waals surface area contributed by atoms with E-state index in [2.05, 4.69) is 0 Å². The summed E-state index contributed by atoms with van der Waals surface area (Å²) < 4.78 is 105. The number of hydrogen-bond donors (Lipinski definition) is 0. The molecule has 0 aliphatic carbocycles. The molecule has 0 aliphatic rings. The molecule has 1 unspecified atom stereocenters. The molecule has 0 radical (unpaired) electrons. The van der Waals surface area contributed by atoms with Crippen LogP contribution in [0.15, 0.2) is 30.3 Å². The highest BCUT2D eigenvalue weighted by Gasteiger charge is 2.14. The van der Waals surface area contributed by atoms with Gasteiger partial charge in [-0.2, -0.15) is 0 Å². The molecule has 1 atom stereocenters. The Hall–Kier alpha value is -1.23. The Morgan fingerprint density at radius 1 is 0.328 bits per heavy atom. The molecule has 0 saturated heterocycles. The van der Waals surface area contributed by atoms with Crippen molar-refractivity contribution in [2.45, 2.75) is 13.5 Å². The Bertz CT molecular complexity index is 1030. The van der Waals surface area contributed by atoms with Crippen molar-refractivity contribution in [1.82, 2.24) is 0 Å². The van der Waals surface area contributed by atoms with E-state index in [1.54, 1.807) is 6.66 Å². The Morgan fingerprint density at radius 2 is 0.541 bits per heavy atom. The van der Waals surface area contributed by atoms with Crippen LogP contribution in [-0.2, 0) is 91.5 Å². The van der Waals surface area contributed by atoms with Gasteiger partial charge in [0.25, 0.3) is 0 Å². The van der Waals surface area contributed by atoms with Gasteiger partial charge in [0.2, 0.25) is 7.37 Å². The van der Waals surface area contributed by atoms with E-state index in [0.29, 0.717) is 224 Å². The average Bonchev–Trinajstić information content (AvgIpc) is 3.26. The minimum absolute atomic E-state index is 0.395. The van der Waals surface area contributed by atoms with Gasteiger partial charge in [-0.05, 0) is 12.5 Å². The van der Waals surface area contributed by atoms with Crippen molar-refractivity contribution >= 4 is 7.37 Å². The van der Waals surface area contributed by atoms with Gasteiger partial charge in [-0.25, -0.2) is 0 Å². The molecule has 1 rings (SSSR count). The summed E-state index contributed by atoms with van der Waals surface area (Å²) in [7, 11) is -2.53. The minimum atomic E-state index is -2.53. The molecule has 1 aromatic carbocycles. The van der Waals surface area contributed by atoms with Crippen LogP contribution in [0.25, 0.3) is 0 Å². The summed E-state index contributed by atoms with van der Waals surface area (Å²) >= 11 is 0. The molecular weight excluding hydrogens is 823 g/mol. The molecule has 19 heteroatoms. The molecular formula is C42H79O18P. The normalized spacial score (nSPS) is 12.7. The molecule has 360 valence electrons. The van der Waals surface area contributed by atoms with Crippen LogP contribution in [0, 0.1) is 0 Å². The van der Waals surface area contributed by atoms with Crippen LogP contribution in [-0.4, -0.2) is 224 Å². The van der Waals surface area contributed by atoms with E-state index in [1.165, 1.54) is 0 Å². The zero-order valence-electron chi connectivity index (χ0n) is 37.2. The molecule has 0 fully saturated rings. The quantitative estimate of drug-likeness (QED) is 0.0687. The highest BCUT2D eigenvalue weighted by atomic mass is 31.2. The Morgan fingerprint density at radius 3 is 0.770 bits per heavy atom. The van der Waals surface area contributed by atoms with Crippen molar-refractivity contribution in [2.24, 2.45) is 0 Å². The van der Waals surface area contributed by atoms with E-state index >= 15 is 0 Å². The van der Waals surface area contributed by atoms with Crippen LogP contribution < -0.4 is 0 Å². The van der Waals surface area contributed by atoms with Crippen molar-refractivity contribution < 1.29 is 84.9 Å². The van der Waals surface area contributed by atoms with Crippen molar-refractivity contribution in [3.8, 4) is 0 Å². The van der Waals surface area contributed by atoms with Crippen molar-refractivity contribution in [2.75, 3.05) is 224 Å². The van der Waals surface area contributed by atoms with Crippen LogP contribution in [0.1, 0.15) is 12.5 Å². The second-order valence-corrected chi connectivity index (χ2v) is 15.6. The van der Waals surface area contributed by atoms with Gasteiger partial charge < -0.3 is 80.3 Å². The second-order valence-electron chi connectivity index (χ2n) is 12.9. The van der Waals surface area contributed by atoms with Crippen LogP contribution in [0.3, 0.4) is 0 Å². The fourth-order valence-electron chi connectivity index (χ4n) is 4.63.